The Balaban J connectivity index is 1.64. The van der Waals surface area contributed by atoms with E-state index in [-0.39, 0.29) is 11.8 Å². The van der Waals surface area contributed by atoms with Gasteiger partial charge in [0, 0.05) is 44.5 Å². The van der Waals surface area contributed by atoms with Gasteiger partial charge in [-0.2, -0.15) is 0 Å². The van der Waals surface area contributed by atoms with Crippen molar-refractivity contribution in [2.75, 3.05) is 27.2 Å². The van der Waals surface area contributed by atoms with Gasteiger partial charge in [0.2, 0.25) is 5.91 Å². The fourth-order valence-corrected chi connectivity index (χ4v) is 5.24. The minimum atomic E-state index is -0.631. The van der Waals surface area contributed by atoms with Crippen molar-refractivity contribution in [3.63, 3.8) is 0 Å². The van der Waals surface area contributed by atoms with Crippen LogP contribution >= 0.6 is 11.3 Å². The minimum absolute atomic E-state index is 0.0592. The van der Waals surface area contributed by atoms with Crippen LogP contribution in [-0.4, -0.2) is 53.8 Å². The maximum absolute atomic E-state index is 13.4. The minimum Gasteiger partial charge on any atom is -0.348 e. The number of carbonyl (C=O) groups excluding carboxylic acids is 2. The number of thiophene rings is 1. The monoisotopic (exact) mass is 433 g/mol. The highest BCUT2D eigenvalue weighted by atomic mass is 32.1. The second kappa shape index (κ2) is 9.02. The number of amides is 2. The average molecular weight is 434 g/mol. The molecule has 5 nitrogen and oxygen atoms in total. The molecule has 0 bridgehead atoms. The molecule has 1 aromatic carbocycles. The maximum atomic E-state index is 13.4. The Bertz CT molecular complexity index is 1050. The van der Waals surface area contributed by atoms with Gasteiger partial charge in [-0.05, 0) is 54.0 Å². The summed E-state index contributed by atoms with van der Waals surface area (Å²) >= 11 is 1.71. The van der Waals surface area contributed by atoms with Gasteiger partial charge in [-0.1, -0.05) is 30.3 Å². The predicted molar refractivity (Wildman–Crippen MR) is 124 cm³/mol. The number of aromatic nitrogens is 1. The predicted octanol–water partition coefficient (Wildman–Crippen LogP) is 4.36. The first-order valence-corrected chi connectivity index (χ1v) is 11.4. The molecule has 160 valence electrons. The molecule has 1 saturated heterocycles. The fraction of sp³-hybridized carbons (Fsp3) is 0.320. The largest absolute Gasteiger partial charge is 0.348 e. The van der Waals surface area contributed by atoms with Crippen molar-refractivity contribution in [1.29, 1.82) is 0 Å². The summed E-state index contributed by atoms with van der Waals surface area (Å²) in [6, 6.07) is 16.1. The van der Waals surface area contributed by atoms with Crippen molar-refractivity contribution < 1.29 is 9.59 Å². The van der Waals surface area contributed by atoms with Crippen molar-refractivity contribution in [1.82, 2.24) is 14.8 Å². The van der Waals surface area contributed by atoms with E-state index in [2.05, 4.69) is 40.7 Å². The van der Waals surface area contributed by atoms with Crippen LogP contribution in [0.5, 0.6) is 0 Å². The van der Waals surface area contributed by atoms with E-state index in [0.717, 1.165) is 18.4 Å². The summed E-state index contributed by atoms with van der Waals surface area (Å²) < 4.78 is 0. The Kier molecular flexibility index (Phi) is 6.18. The standard InChI is InChI=1S/C25H27N3O2S/c1-27(2)24(30)25(16-19-7-3-8-20(15-19)22-10-5-14-31-22)11-6-13-28(18-25)23(29)21-9-4-12-26-17-21/h3-5,7-10,12,14-15,17H,6,11,13,16,18H2,1-2H3. The molecule has 31 heavy (non-hydrogen) atoms. The molecule has 3 heterocycles. The summed E-state index contributed by atoms with van der Waals surface area (Å²) in [6.45, 7) is 1.08. The van der Waals surface area contributed by atoms with Crippen molar-refractivity contribution in [3.05, 3.63) is 77.4 Å². The van der Waals surface area contributed by atoms with Crippen LogP contribution < -0.4 is 0 Å². The lowest BCUT2D eigenvalue weighted by Gasteiger charge is -2.43. The molecular formula is C25H27N3O2S. The summed E-state index contributed by atoms with van der Waals surface area (Å²) in [5.74, 6) is 0.0220. The van der Waals surface area contributed by atoms with Crippen LogP contribution in [0.25, 0.3) is 10.4 Å². The van der Waals surface area contributed by atoms with E-state index in [1.165, 1.54) is 10.4 Å². The number of hydrogen-bond donors (Lipinski definition) is 0. The lowest BCUT2D eigenvalue weighted by Crippen LogP contribution is -2.54. The Hall–Kier alpha value is -2.99. The zero-order chi connectivity index (χ0) is 21.8. The molecule has 1 atom stereocenters. The van der Waals surface area contributed by atoms with Crippen LogP contribution in [0.2, 0.25) is 0 Å². The SMILES string of the molecule is CN(C)C(=O)C1(Cc2cccc(-c3cccs3)c2)CCCN(C(=O)c2cccnc2)C1. The van der Waals surface area contributed by atoms with Gasteiger partial charge < -0.3 is 9.80 Å². The van der Waals surface area contributed by atoms with Gasteiger partial charge in [-0.15, -0.1) is 11.3 Å². The summed E-state index contributed by atoms with van der Waals surface area (Å²) in [5, 5.41) is 2.07. The quantitative estimate of drug-likeness (QED) is 0.601. The third-order valence-corrected chi connectivity index (χ3v) is 6.83. The fourth-order valence-electron chi connectivity index (χ4n) is 4.51. The van der Waals surface area contributed by atoms with E-state index in [4.69, 9.17) is 0 Å². The van der Waals surface area contributed by atoms with Crippen LogP contribution in [0.3, 0.4) is 0 Å². The molecule has 0 radical (unpaired) electrons. The highest BCUT2D eigenvalue weighted by molar-refractivity contribution is 7.13. The van der Waals surface area contributed by atoms with Crippen molar-refractivity contribution in [2.24, 2.45) is 5.41 Å². The molecule has 1 unspecified atom stereocenters. The zero-order valence-corrected chi connectivity index (χ0v) is 18.8. The van der Waals surface area contributed by atoms with Gasteiger partial charge in [-0.3, -0.25) is 14.6 Å². The van der Waals surface area contributed by atoms with Crippen molar-refractivity contribution in [3.8, 4) is 10.4 Å². The Morgan fingerprint density at radius 2 is 2.03 bits per heavy atom. The molecule has 1 fully saturated rings. The van der Waals surface area contributed by atoms with Crippen LogP contribution in [0.1, 0.15) is 28.8 Å². The van der Waals surface area contributed by atoms with Crippen LogP contribution in [0.4, 0.5) is 0 Å². The van der Waals surface area contributed by atoms with E-state index >= 15 is 0 Å². The smallest absolute Gasteiger partial charge is 0.255 e. The summed E-state index contributed by atoms with van der Waals surface area (Å²) in [7, 11) is 3.60. The molecule has 1 aliphatic heterocycles. The molecule has 0 saturated carbocycles. The van der Waals surface area contributed by atoms with Crippen molar-refractivity contribution >= 4 is 23.2 Å². The summed E-state index contributed by atoms with van der Waals surface area (Å²) in [5.41, 5.74) is 2.22. The topological polar surface area (TPSA) is 53.5 Å². The second-order valence-electron chi connectivity index (χ2n) is 8.41. The van der Waals surface area contributed by atoms with E-state index in [1.807, 2.05) is 11.0 Å². The number of piperidine rings is 1. The highest BCUT2D eigenvalue weighted by Crippen LogP contribution is 2.37. The average Bonchev–Trinajstić information content (AvgIpc) is 3.34. The third kappa shape index (κ3) is 4.54. The Labute approximate surface area is 187 Å². The van der Waals surface area contributed by atoms with Gasteiger partial charge in [0.1, 0.15) is 0 Å². The molecule has 0 aliphatic carbocycles. The molecule has 1 aliphatic rings. The van der Waals surface area contributed by atoms with E-state index < -0.39 is 5.41 Å². The number of carbonyl (C=O) groups is 2. The van der Waals surface area contributed by atoms with E-state index in [0.29, 0.717) is 25.1 Å². The van der Waals surface area contributed by atoms with Crippen molar-refractivity contribution in [2.45, 2.75) is 19.3 Å². The highest BCUT2D eigenvalue weighted by Gasteiger charge is 2.44. The summed E-state index contributed by atoms with van der Waals surface area (Å²) in [6.07, 6.45) is 5.44. The number of pyridine rings is 1. The third-order valence-electron chi connectivity index (χ3n) is 5.91. The summed E-state index contributed by atoms with van der Waals surface area (Å²) in [4.78, 5) is 35.3. The molecule has 2 amide bonds. The molecule has 0 N–H and O–H groups in total. The van der Waals surface area contributed by atoms with E-state index in [9.17, 15) is 9.59 Å². The number of nitrogens with zero attached hydrogens (tertiary/aromatic N) is 3. The van der Waals surface area contributed by atoms with Gasteiger partial charge in [0.05, 0.1) is 11.0 Å². The van der Waals surface area contributed by atoms with Crippen LogP contribution in [0.15, 0.2) is 66.3 Å². The Morgan fingerprint density at radius 3 is 2.74 bits per heavy atom. The number of rotatable bonds is 5. The lowest BCUT2D eigenvalue weighted by molar-refractivity contribution is -0.142. The van der Waals surface area contributed by atoms with Crippen LogP contribution in [-0.2, 0) is 11.2 Å². The van der Waals surface area contributed by atoms with E-state index in [1.54, 1.807) is 54.9 Å². The second-order valence-corrected chi connectivity index (χ2v) is 9.35. The first kappa shape index (κ1) is 21.2. The maximum Gasteiger partial charge on any atom is 0.255 e. The normalized spacial score (nSPS) is 18.6. The molecule has 6 heteroatoms. The first-order valence-electron chi connectivity index (χ1n) is 10.5. The van der Waals surface area contributed by atoms with Gasteiger partial charge in [0.15, 0.2) is 0 Å². The first-order chi connectivity index (χ1) is 15.0. The van der Waals surface area contributed by atoms with Gasteiger partial charge >= 0.3 is 0 Å². The zero-order valence-electron chi connectivity index (χ0n) is 18.0. The van der Waals surface area contributed by atoms with Gasteiger partial charge in [-0.25, -0.2) is 0 Å². The lowest BCUT2D eigenvalue weighted by atomic mass is 9.73. The molecule has 2 aromatic heterocycles. The molecule has 3 aromatic rings. The van der Waals surface area contributed by atoms with Gasteiger partial charge in [0.25, 0.3) is 5.91 Å². The number of hydrogen-bond acceptors (Lipinski definition) is 4. The number of likely N-dealkylation sites (tertiary alicyclic amines) is 1. The molecule has 0 spiro atoms. The molecular weight excluding hydrogens is 406 g/mol. The number of benzene rings is 1. The van der Waals surface area contributed by atoms with Crippen LogP contribution in [0, 0.1) is 5.41 Å². The molecule has 4 rings (SSSR count). The Morgan fingerprint density at radius 1 is 1.16 bits per heavy atom.